The van der Waals surface area contributed by atoms with E-state index in [0.717, 1.165) is 10.4 Å². The van der Waals surface area contributed by atoms with Crippen molar-refractivity contribution in [3.05, 3.63) is 60.7 Å². The lowest BCUT2D eigenvalue weighted by Gasteiger charge is -2.42. The van der Waals surface area contributed by atoms with Crippen molar-refractivity contribution in [1.29, 1.82) is 0 Å². The van der Waals surface area contributed by atoms with Crippen LogP contribution in [0, 0.1) is 0 Å². The third kappa shape index (κ3) is 7.81. The summed E-state index contributed by atoms with van der Waals surface area (Å²) < 4.78 is 27.0. The minimum atomic E-state index is -2.97. The molecule has 0 saturated carbocycles. The van der Waals surface area contributed by atoms with Crippen LogP contribution in [0.5, 0.6) is 0 Å². The van der Waals surface area contributed by atoms with Gasteiger partial charge in [-0.3, -0.25) is 0 Å². The highest BCUT2D eigenvalue weighted by molar-refractivity contribution is 7.02. The zero-order chi connectivity index (χ0) is 22.6. The van der Waals surface area contributed by atoms with E-state index in [2.05, 4.69) is 107 Å². The molecule has 4 nitrogen and oxygen atoms in total. The Kier molecular flexibility index (Phi) is 8.44. The molecule has 0 aliphatic rings. The van der Waals surface area contributed by atoms with Crippen LogP contribution in [0.3, 0.4) is 0 Å². The average Bonchev–Trinajstić information content (AvgIpc) is 2.59. The normalized spacial score (nSPS) is 14.6. The molecular weight excluding hydrogens is 457 g/mol. The van der Waals surface area contributed by atoms with Gasteiger partial charge in [0.15, 0.2) is 16.6 Å². The smallest absolute Gasteiger partial charge is 0.388 e. The molecule has 2 aromatic carbocycles. The van der Waals surface area contributed by atoms with E-state index < -0.39 is 43.0 Å². The molecule has 0 amide bonds. The lowest BCUT2D eigenvalue weighted by molar-refractivity contribution is 0.321. The van der Waals surface area contributed by atoms with Crippen LogP contribution in [0.2, 0.25) is 58.9 Å². The van der Waals surface area contributed by atoms with Gasteiger partial charge in [0.05, 0.1) is 0 Å². The van der Waals surface area contributed by atoms with Crippen LogP contribution in [0.25, 0.3) is 0 Å². The maximum absolute atomic E-state index is 7.10. The Morgan fingerprint density at radius 1 is 0.567 bits per heavy atom. The van der Waals surface area contributed by atoms with E-state index in [4.69, 9.17) is 16.5 Å². The van der Waals surface area contributed by atoms with Gasteiger partial charge in [0.1, 0.15) is 0 Å². The Morgan fingerprint density at radius 2 is 1.00 bits per heavy atom. The second-order valence-corrected chi connectivity index (χ2v) is 28.3. The minimum Gasteiger partial charge on any atom is -0.439 e. The second kappa shape index (κ2) is 9.88. The standard InChI is InChI=1S/C21H38O4Si5/c1-26(22-27(2,3)4)23-29(8,9)25-30(24-28(5,6)7,20-16-12-10-13-17-20)21-18-14-11-15-19-21/h10-19,26H,1-9H3. The van der Waals surface area contributed by atoms with Crippen molar-refractivity contribution in [2.75, 3.05) is 0 Å². The van der Waals surface area contributed by atoms with Gasteiger partial charge in [-0.05, 0) is 69.3 Å². The van der Waals surface area contributed by atoms with Crippen molar-refractivity contribution in [1.82, 2.24) is 0 Å². The molecule has 0 spiro atoms. The molecule has 0 heterocycles. The Labute approximate surface area is 189 Å². The molecule has 30 heavy (non-hydrogen) atoms. The summed E-state index contributed by atoms with van der Waals surface area (Å²) in [4.78, 5) is 0. The molecule has 0 saturated heterocycles. The predicted octanol–water partition coefficient (Wildman–Crippen LogP) is 4.53. The van der Waals surface area contributed by atoms with Gasteiger partial charge in [0.25, 0.3) is 9.28 Å². The van der Waals surface area contributed by atoms with Crippen LogP contribution in [0.1, 0.15) is 0 Å². The van der Waals surface area contributed by atoms with Gasteiger partial charge in [-0.2, -0.15) is 0 Å². The highest BCUT2D eigenvalue weighted by atomic mass is 28.5. The van der Waals surface area contributed by atoms with Gasteiger partial charge in [-0.1, -0.05) is 60.7 Å². The third-order valence-electron chi connectivity index (χ3n) is 4.12. The average molecular weight is 495 g/mol. The first kappa shape index (κ1) is 25.6. The molecule has 166 valence electrons. The van der Waals surface area contributed by atoms with E-state index in [-0.39, 0.29) is 0 Å². The fraction of sp³-hybridized carbons (Fsp3) is 0.429. The van der Waals surface area contributed by atoms with Crippen LogP contribution < -0.4 is 10.4 Å². The summed E-state index contributed by atoms with van der Waals surface area (Å²) in [5.41, 5.74) is 0. The summed E-state index contributed by atoms with van der Waals surface area (Å²) in [6, 6.07) is 20.9. The molecule has 2 aromatic rings. The van der Waals surface area contributed by atoms with Crippen molar-refractivity contribution in [2.24, 2.45) is 0 Å². The Morgan fingerprint density at radius 3 is 1.37 bits per heavy atom. The molecule has 2 rings (SSSR count). The summed E-state index contributed by atoms with van der Waals surface area (Å²) in [5, 5.41) is 2.26. The predicted molar refractivity (Wildman–Crippen MR) is 139 cm³/mol. The molecule has 0 aliphatic heterocycles. The summed E-state index contributed by atoms with van der Waals surface area (Å²) in [7, 11) is -10.9. The van der Waals surface area contributed by atoms with Crippen molar-refractivity contribution >= 4 is 53.4 Å². The highest BCUT2D eigenvalue weighted by Crippen LogP contribution is 2.23. The lowest BCUT2D eigenvalue weighted by Crippen LogP contribution is -2.70. The number of hydrogen-bond donors (Lipinski definition) is 0. The maximum Gasteiger partial charge on any atom is 0.388 e. The Bertz CT molecular complexity index is 749. The van der Waals surface area contributed by atoms with E-state index in [1.165, 1.54) is 0 Å². The first-order valence-corrected chi connectivity index (χ1v) is 24.1. The molecule has 0 fully saturated rings. The number of hydrogen-bond acceptors (Lipinski definition) is 4. The topological polar surface area (TPSA) is 36.9 Å². The van der Waals surface area contributed by atoms with Crippen LogP contribution in [-0.4, -0.2) is 43.0 Å². The van der Waals surface area contributed by atoms with Crippen LogP contribution >= 0.6 is 0 Å². The van der Waals surface area contributed by atoms with Crippen molar-refractivity contribution in [3.8, 4) is 0 Å². The Balaban J connectivity index is 2.52. The first-order chi connectivity index (χ1) is 13.7. The quantitative estimate of drug-likeness (QED) is 0.455. The van der Waals surface area contributed by atoms with E-state index in [1.807, 2.05) is 12.1 Å². The van der Waals surface area contributed by atoms with Gasteiger partial charge in [-0.25, -0.2) is 0 Å². The lowest BCUT2D eigenvalue weighted by atomic mass is 10.4. The monoisotopic (exact) mass is 494 g/mol. The molecule has 0 bridgehead atoms. The minimum absolute atomic E-state index is 1.13. The first-order valence-electron chi connectivity index (χ1n) is 10.6. The molecule has 1 atom stereocenters. The molecule has 9 heteroatoms. The fourth-order valence-corrected chi connectivity index (χ4v) is 22.1. The molecular formula is C21H38O4Si5. The van der Waals surface area contributed by atoms with Crippen molar-refractivity contribution in [2.45, 2.75) is 58.9 Å². The Hall–Kier alpha value is -0.636. The number of rotatable bonds is 10. The van der Waals surface area contributed by atoms with Crippen LogP contribution in [0.15, 0.2) is 60.7 Å². The van der Waals surface area contributed by atoms with Gasteiger partial charge in [0, 0.05) is 0 Å². The highest BCUT2D eigenvalue weighted by Gasteiger charge is 2.50. The molecule has 0 N–H and O–H groups in total. The summed E-state index contributed by atoms with van der Waals surface area (Å²) >= 11 is 0. The van der Waals surface area contributed by atoms with Crippen LogP contribution in [-0.2, 0) is 16.5 Å². The summed E-state index contributed by atoms with van der Waals surface area (Å²) in [6.07, 6.45) is 0. The van der Waals surface area contributed by atoms with Gasteiger partial charge < -0.3 is 16.5 Å². The number of benzene rings is 2. The molecule has 1 unspecified atom stereocenters. The summed E-state index contributed by atoms with van der Waals surface area (Å²) in [5.74, 6) is 0. The zero-order valence-corrected chi connectivity index (χ0v) is 25.1. The maximum atomic E-state index is 7.10. The summed E-state index contributed by atoms with van der Waals surface area (Å²) in [6.45, 7) is 19.7. The molecule has 0 aromatic heterocycles. The van der Waals surface area contributed by atoms with Gasteiger partial charge in [-0.15, -0.1) is 0 Å². The largest absolute Gasteiger partial charge is 0.439 e. The second-order valence-electron chi connectivity index (χ2n) is 9.98. The van der Waals surface area contributed by atoms with E-state index in [1.54, 1.807) is 0 Å². The fourth-order valence-electron chi connectivity index (χ4n) is 3.46. The zero-order valence-electron chi connectivity index (χ0n) is 20.0. The van der Waals surface area contributed by atoms with Gasteiger partial charge in [0.2, 0.25) is 0 Å². The SMILES string of the molecule is C[SiH](O[Si](C)(C)C)O[Si](C)(C)O[Si](O[Si](C)(C)C)(c1ccccc1)c1ccccc1. The van der Waals surface area contributed by atoms with Crippen molar-refractivity contribution in [3.63, 3.8) is 0 Å². The van der Waals surface area contributed by atoms with E-state index >= 15 is 0 Å². The van der Waals surface area contributed by atoms with Gasteiger partial charge >= 0.3 is 17.1 Å². The molecule has 0 aliphatic carbocycles. The van der Waals surface area contributed by atoms with Crippen LogP contribution in [0.4, 0.5) is 0 Å². The van der Waals surface area contributed by atoms with E-state index in [0.29, 0.717) is 0 Å². The third-order valence-corrected chi connectivity index (χ3v) is 20.8. The van der Waals surface area contributed by atoms with Crippen molar-refractivity contribution < 1.29 is 16.5 Å². The molecule has 0 radical (unpaired) electrons. The van der Waals surface area contributed by atoms with E-state index in [9.17, 15) is 0 Å².